The minimum Gasteiger partial charge on any atom is -0.466 e. The third-order valence-electron chi connectivity index (χ3n) is 4.75. The molecular weight excluding hydrogens is 403 g/mol. The zero-order valence-corrected chi connectivity index (χ0v) is 19.6. The Hall–Kier alpha value is -2.12. The van der Waals surface area contributed by atoms with Crippen LogP contribution in [0.3, 0.4) is 0 Å². The van der Waals surface area contributed by atoms with Crippen molar-refractivity contribution in [3.63, 3.8) is 0 Å². The van der Waals surface area contributed by atoms with Crippen LogP contribution < -0.4 is 4.72 Å². The average Bonchev–Trinajstić information content (AvgIpc) is 2.63. The van der Waals surface area contributed by atoms with E-state index in [1.54, 1.807) is 19.9 Å². The molecule has 164 valence electrons. The standard InChI is InChI=1S/C23H31FN2O3S/c1-8-29-20(27)13-18(26-30(28)23(5,6)7)17-12-19(25-16(4)22(17)24)21-14(2)10-9-11-15(21)3/h9-12,18,26H,8,13H2,1-7H3/t18?,30-/m0/s1. The van der Waals surface area contributed by atoms with E-state index in [0.29, 0.717) is 5.69 Å². The number of aryl methyl sites for hydroxylation is 3. The van der Waals surface area contributed by atoms with Crippen molar-refractivity contribution in [3.8, 4) is 11.3 Å². The predicted octanol–water partition coefficient (Wildman–Crippen LogP) is 4.86. The normalized spacial score (nSPS) is 13.7. The number of pyridine rings is 1. The van der Waals surface area contributed by atoms with Crippen molar-refractivity contribution in [1.82, 2.24) is 9.71 Å². The Morgan fingerprint density at radius 1 is 1.23 bits per heavy atom. The van der Waals surface area contributed by atoms with Gasteiger partial charge in [-0.1, -0.05) is 18.2 Å². The molecule has 2 atom stereocenters. The number of esters is 1. The van der Waals surface area contributed by atoms with Crippen LogP contribution in [-0.4, -0.2) is 26.5 Å². The lowest BCUT2D eigenvalue weighted by atomic mass is 9.96. The molecule has 1 N–H and O–H groups in total. The first-order chi connectivity index (χ1) is 14.0. The van der Waals surface area contributed by atoms with E-state index in [-0.39, 0.29) is 24.3 Å². The van der Waals surface area contributed by atoms with Gasteiger partial charge in [-0.15, -0.1) is 0 Å². The molecule has 7 heteroatoms. The number of carbonyl (C=O) groups excluding carboxylic acids is 1. The monoisotopic (exact) mass is 434 g/mol. The molecule has 0 aliphatic rings. The maximum atomic E-state index is 15.2. The Morgan fingerprint density at radius 2 is 1.83 bits per heavy atom. The van der Waals surface area contributed by atoms with E-state index in [0.717, 1.165) is 16.7 Å². The van der Waals surface area contributed by atoms with Crippen LogP contribution in [0.5, 0.6) is 0 Å². The molecule has 1 heterocycles. The van der Waals surface area contributed by atoms with Crippen molar-refractivity contribution in [2.75, 3.05) is 6.61 Å². The molecule has 0 saturated heterocycles. The van der Waals surface area contributed by atoms with Crippen LogP contribution in [0.2, 0.25) is 0 Å². The number of rotatable bonds is 7. The zero-order chi connectivity index (χ0) is 22.6. The SMILES string of the molecule is CCOC(=O)CC(N[S@@](=O)C(C)(C)C)c1cc(-c2c(C)cccc2C)nc(C)c1F. The van der Waals surface area contributed by atoms with E-state index in [2.05, 4.69) is 9.71 Å². The lowest BCUT2D eigenvalue weighted by Gasteiger charge is -2.25. The van der Waals surface area contributed by atoms with E-state index >= 15 is 4.39 Å². The van der Waals surface area contributed by atoms with Crippen molar-refractivity contribution in [1.29, 1.82) is 0 Å². The highest BCUT2D eigenvalue weighted by atomic mass is 32.2. The van der Waals surface area contributed by atoms with Crippen LogP contribution in [0.1, 0.15) is 62.5 Å². The maximum absolute atomic E-state index is 15.2. The molecule has 0 bridgehead atoms. The minimum atomic E-state index is -1.51. The maximum Gasteiger partial charge on any atom is 0.307 e. The summed E-state index contributed by atoms with van der Waals surface area (Å²) in [6, 6.07) is 6.75. The van der Waals surface area contributed by atoms with Crippen molar-refractivity contribution < 1.29 is 18.1 Å². The molecular formula is C23H31FN2O3S. The van der Waals surface area contributed by atoms with Gasteiger partial charge in [-0.3, -0.25) is 9.78 Å². The predicted molar refractivity (Wildman–Crippen MR) is 119 cm³/mol. The number of halogens is 1. The molecule has 0 radical (unpaired) electrons. The van der Waals surface area contributed by atoms with Crippen LogP contribution in [0.4, 0.5) is 4.39 Å². The van der Waals surface area contributed by atoms with Gasteiger partial charge in [0.15, 0.2) is 0 Å². The fourth-order valence-corrected chi connectivity index (χ4v) is 4.01. The van der Waals surface area contributed by atoms with Crippen molar-refractivity contribution in [2.45, 2.75) is 65.7 Å². The number of nitrogens with zero attached hydrogens (tertiary/aromatic N) is 1. The van der Waals surface area contributed by atoms with Crippen molar-refractivity contribution in [3.05, 3.63) is 52.5 Å². The van der Waals surface area contributed by atoms with Gasteiger partial charge < -0.3 is 4.74 Å². The van der Waals surface area contributed by atoms with Crippen molar-refractivity contribution in [2.24, 2.45) is 0 Å². The van der Waals surface area contributed by atoms with Crippen LogP contribution in [0.25, 0.3) is 11.3 Å². The van der Waals surface area contributed by atoms with Gasteiger partial charge in [-0.2, -0.15) is 0 Å². The minimum absolute atomic E-state index is 0.137. The Kier molecular flexibility index (Phi) is 7.88. The Morgan fingerprint density at radius 3 is 2.37 bits per heavy atom. The Bertz CT molecular complexity index is 934. The topological polar surface area (TPSA) is 68.3 Å². The average molecular weight is 435 g/mol. The first kappa shape index (κ1) is 24.2. The summed E-state index contributed by atoms with van der Waals surface area (Å²) in [5.41, 5.74) is 4.07. The smallest absolute Gasteiger partial charge is 0.307 e. The summed E-state index contributed by atoms with van der Waals surface area (Å²) in [5, 5.41) is 0. The number of benzene rings is 1. The van der Waals surface area contributed by atoms with Crippen molar-refractivity contribution >= 4 is 17.0 Å². The van der Waals surface area contributed by atoms with Gasteiger partial charge in [-0.05, 0) is 65.7 Å². The summed E-state index contributed by atoms with van der Waals surface area (Å²) < 4.78 is 35.4. The lowest BCUT2D eigenvalue weighted by molar-refractivity contribution is -0.143. The summed E-state index contributed by atoms with van der Waals surface area (Å²) in [5.74, 6) is -0.999. The second kappa shape index (κ2) is 9.79. The molecule has 0 aliphatic carbocycles. The third-order valence-corrected chi connectivity index (χ3v) is 6.36. The number of nitrogens with one attached hydrogen (secondary N) is 1. The third kappa shape index (κ3) is 5.73. The van der Waals surface area contributed by atoms with Gasteiger partial charge in [0.2, 0.25) is 0 Å². The highest BCUT2D eigenvalue weighted by molar-refractivity contribution is 7.84. The number of hydrogen-bond acceptors (Lipinski definition) is 4. The highest BCUT2D eigenvalue weighted by Crippen LogP contribution is 2.31. The number of carbonyl (C=O) groups is 1. The fourth-order valence-electron chi connectivity index (χ4n) is 3.19. The summed E-state index contributed by atoms with van der Waals surface area (Å²) in [6.07, 6.45) is -0.137. The van der Waals surface area contributed by atoms with Crippen LogP contribution >= 0.6 is 0 Å². The lowest BCUT2D eigenvalue weighted by Crippen LogP contribution is -2.37. The second-order valence-corrected chi connectivity index (χ2v) is 10.3. The van der Waals surface area contributed by atoms with Gasteiger partial charge in [0.1, 0.15) is 5.82 Å². The second-order valence-electron chi connectivity index (χ2n) is 8.32. The van der Waals surface area contributed by atoms with Gasteiger partial charge >= 0.3 is 5.97 Å². The molecule has 0 spiro atoms. The summed E-state index contributed by atoms with van der Waals surface area (Å²) >= 11 is 0. The molecule has 2 aromatic rings. The molecule has 2 rings (SSSR count). The van der Waals surface area contributed by atoms with E-state index in [9.17, 15) is 9.00 Å². The summed E-state index contributed by atoms with van der Waals surface area (Å²) in [4.78, 5) is 16.7. The van der Waals surface area contributed by atoms with Crippen LogP contribution in [0.15, 0.2) is 24.3 Å². The molecule has 1 unspecified atom stereocenters. The van der Waals surface area contributed by atoms with E-state index in [4.69, 9.17) is 4.74 Å². The molecule has 30 heavy (non-hydrogen) atoms. The van der Waals surface area contributed by atoms with Crippen LogP contribution in [0, 0.1) is 26.6 Å². The fraction of sp³-hybridized carbons (Fsp3) is 0.478. The molecule has 5 nitrogen and oxygen atoms in total. The Balaban J connectivity index is 2.60. The van der Waals surface area contributed by atoms with Gasteiger partial charge in [0.05, 0.1) is 46.2 Å². The van der Waals surface area contributed by atoms with E-state index in [1.807, 2.05) is 52.8 Å². The molecule has 1 aromatic carbocycles. The van der Waals surface area contributed by atoms with Gasteiger partial charge in [0.25, 0.3) is 0 Å². The number of aromatic nitrogens is 1. The molecule has 0 saturated carbocycles. The number of ether oxygens (including phenoxy) is 1. The quantitative estimate of drug-likeness (QED) is 0.632. The van der Waals surface area contributed by atoms with Gasteiger partial charge in [0, 0.05) is 11.1 Å². The molecule has 0 amide bonds. The van der Waals surface area contributed by atoms with Crippen LogP contribution in [-0.2, 0) is 20.5 Å². The van der Waals surface area contributed by atoms with Gasteiger partial charge in [-0.25, -0.2) is 13.3 Å². The zero-order valence-electron chi connectivity index (χ0n) is 18.8. The number of hydrogen-bond donors (Lipinski definition) is 1. The summed E-state index contributed by atoms with van der Waals surface area (Å²) in [6.45, 7) is 12.9. The highest BCUT2D eigenvalue weighted by Gasteiger charge is 2.29. The first-order valence-electron chi connectivity index (χ1n) is 10.0. The molecule has 0 fully saturated rings. The molecule has 1 aromatic heterocycles. The largest absolute Gasteiger partial charge is 0.466 e. The van der Waals surface area contributed by atoms with E-state index < -0.39 is 33.6 Å². The Labute approximate surface area is 181 Å². The first-order valence-corrected chi connectivity index (χ1v) is 11.2. The molecule has 0 aliphatic heterocycles. The summed E-state index contributed by atoms with van der Waals surface area (Å²) in [7, 11) is -1.51. The van der Waals surface area contributed by atoms with E-state index in [1.165, 1.54) is 0 Å².